The molecule has 0 radical (unpaired) electrons. The average molecular weight is 206 g/mol. The summed E-state index contributed by atoms with van der Waals surface area (Å²) < 4.78 is 0. The van der Waals surface area contributed by atoms with Crippen LogP contribution >= 0.6 is 0 Å². The standard InChI is InChI=1S/C12H18N2O/c1-9(8-13)12(15)14-10(2)11-6-4-3-5-7-11/h3-7,9-10H,8,13H2,1-2H3,(H,14,15)/t9-,10+/m0/s1. The summed E-state index contributed by atoms with van der Waals surface area (Å²) in [4.78, 5) is 11.6. The van der Waals surface area contributed by atoms with E-state index in [0.29, 0.717) is 6.54 Å². The number of nitrogens with one attached hydrogen (secondary N) is 1. The maximum atomic E-state index is 11.6. The lowest BCUT2D eigenvalue weighted by Gasteiger charge is -2.16. The molecule has 0 aliphatic carbocycles. The van der Waals surface area contributed by atoms with Gasteiger partial charge in [0.25, 0.3) is 0 Å². The fourth-order valence-electron chi connectivity index (χ4n) is 1.29. The van der Waals surface area contributed by atoms with Crippen molar-refractivity contribution >= 4 is 5.91 Å². The van der Waals surface area contributed by atoms with Crippen LogP contribution in [0, 0.1) is 5.92 Å². The van der Waals surface area contributed by atoms with Crippen LogP contribution in [0.15, 0.2) is 30.3 Å². The van der Waals surface area contributed by atoms with Gasteiger partial charge in [-0.3, -0.25) is 4.79 Å². The van der Waals surface area contributed by atoms with Crippen molar-refractivity contribution in [1.29, 1.82) is 0 Å². The minimum Gasteiger partial charge on any atom is -0.349 e. The van der Waals surface area contributed by atoms with Crippen molar-refractivity contribution in [2.45, 2.75) is 19.9 Å². The van der Waals surface area contributed by atoms with Gasteiger partial charge in [-0.1, -0.05) is 37.3 Å². The minimum atomic E-state index is -0.129. The topological polar surface area (TPSA) is 55.1 Å². The van der Waals surface area contributed by atoms with E-state index in [9.17, 15) is 4.79 Å². The van der Waals surface area contributed by atoms with Crippen molar-refractivity contribution in [2.24, 2.45) is 11.7 Å². The van der Waals surface area contributed by atoms with E-state index in [4.69, 9.17) is 5.73 Å². The predicted molar refractivity (Wildman–Crippen MR) is 61.2 cm³/mol. The van der Waals surface area contributed by atoms with Gasteiger partial charge >= 0.3 is 0 Å². The quantitative estimate of drug-likeness (QED) is 0.783. The van der Waals surface area contributed by atoms with Crippen molar-refractivity contribution in [3.8, 4) is 0 Å². The number of benzene rings is 1. The first-order valence-corrected chi connectivity index (χ1v) is 5.20. The average Bonchev–Trinajstić information content (AvgIpc) is 2.29. The van der Waals surface area contributed by atoms with Crippen molar-refractivity contribution in [3.63, 3.8) is 0 Å². The Bertz CT molecular complexity index is 311. The monoisotopic (exact) mass is 206 g/mol. The molecule has 3 N–H and O–H groups in total. The molecule has 1 aromatic rings. The van der Waals surface area contributed by atoms with Crippen LogP contribution in [0.2, 0.25) is 0 Å². The number of nitrogens with two attached hydrogens (primary N) is 1. The third kappa shape index (κ3) is 3.36. The van der Waals surface area contributed by atoms with Gasteiger partial charge in [-0.25, -0.2) is 0 Å². The summed E-state index contributed by atoms with van der Waals surface area (Å²) >= 11 is 0. The highest BCUT2D eigenvalue weighted by Gasteiger charge is 2.14. The second kappa shape index (κ2) is 5.51. The maximum Gasteiger partial charge on any atom is 0.224 e. The van der Waals surface area contributed by atoms with Crippen LogP contribution in [-0.2, 0) is 4.79 Å². The number of hydrogen-bond donors (Lipinski definition) is 2. The smallest absolute Gasteiger partial charge is 0.224 e. The maximum absolute atomic E-state index is 11.6. The van der Waals surface area contributed by atoms with Gasteiger partial charge in [0.05, 0.1) is 6.04 Å². The molecule has 0 unspecified atom stereocenters. The Hall–Kier alpha value is -1.35. The molecule has 0 spiro atoms. The molecule has 3 nitrogen and oxygen atoms in total. The van der Waals surface area contributed by atoms with E-state index in [1.54, 1.807) is 0 Å². The molecule has 0 fully saturated rings. The third-order valence-electron chi connectivity index (χ3n) is 2.46. The molecule has 0 saturated carbocycles. The molecule has 0 heterocycles. The van der Waals surface area contributed by atoms with E-state index < -0.39 is 0 Å². The zero-order chi connectivity index (χ0) is 11.3. The Balaban J connectivity index is 2.56. The van der Waals surface area contributed by atoms with Crippen LogP contribution in [0.4, 0.5) is 0 Å². The molecule has 2 atom stereocenters. The molecule has 0 aliphatic heterocycles. The molecule has 0 saturated heterocycles. The summed E-state index contributed by atoms with van der Waals surface area (Å²) in [5.41, 5.74) is 6.53. The molecule has 82 valence electrons. The van der Waals surface area contributed by atoms with Crippen LogP contribution in [0.3, 0.4) is 0 Å². The molecule has 0 aliphatic rings. The Labute approximate surface area is 90.7 Å². The van der Waals surface area contributed by atoms with E-state index in [0.717, 1.165) is 5.56 Å². The van der Waals surface area contributed by atoms with E-state index in [2.05, 4.69) is 5.32 Å². The lowest BCUT2D eigenvalue weighted by Crippen LogP contribution is -2.34. The first-order chi connectivity index (χ1) is 7.15. The molecule has 1 amide bonds. The Morgan fingerprint density at radius 1 is 1.33 bits per heavy atom. The molecule has 1 rings (SSSR count). The highest BCUT2D eigenvalue weighted by atomic mass is 16.1. The number of rotatable bonds is 4. The van der Waals surface area contributed by atoms with Gasteiger partial charge in [0, 0.05) is 12.5 Å². The van der Waals surface area contributed by atoms with Gasteiger partial charge in [-0.2, -0.15) is 0 Å². The second-order valence-corrected chi connectivity index (χ2v) is 3.78. The predicted octanol–water partition coefficient (Wildman–Crippen LogP) is 1.46. The zero-order valence-corrected chi connectivity index (χ0v) is 9.23. The fraction of sp³-hybridized carbons (Fsp3) is 0.417. The number of carbonyl (C=O) groups is 1. The number of carbonyl (C=O) groups excluding carboxylic acids is 1. The molecular weight excluding hydrogens is 188 g/mol. The fourth-order valence-corrected chi connectivity index (χ4v) is 1.29. The normalized spacial score (nSPS) is 14.3. The van der Waals surface area contributed by atoms with E-state index in [1.165, 1.54) is 0 Å². The van der Waals surface area contributed by atoms with E-state index in [-0.39, 0.29) is 17.9 Å². The summed E-state index contributed by atoms with van der Waals surface area (Å²) in [6.45, 7) is 4.18. The van der Waals surface area contributed by atoms with E-state index >= 15 is 0 Å². The lowest BCUT2D eigenvalue weighted by molar-refractivity contribution is -0.124. The molecule has 3 heteroatoms. The SMILES string of the molecule is C[C@@H](CN)C(=O)N[C@H](C)c1ccccc1. The third-order valence-corrected chi connectivity index (χ3v) is 2.46. The van der Waals surface area contributed by atoms with Crippen molar-refractivity contribution in [3.05, 3.63) is 35.9 Å². The van der Waals surface area contributed by atoms with Gasteiger partial charge in [0.1, 0.15) is 0 Å². The van der Waals surface area contributed by atoms with Crippen LogP contribution in [0.5, 0.6) is 0 Å². The summed E-state index contributed by atoms with van der Waals surface area (Å²) in [6, 6.07) is 9.92. The van der Waals surface area contributed by atoms with Crippen molar-refractivity contribution in [1.82, 2.24) is 5.32 Å². The van der Waals surface area contributed by atoms with Crippen LogP contribution in [0.1, 0.15) is 25.5 Å². The highest BCUT2D eigenvalue weighted by molar-refractivity contribution is 5.78. The molecule has 0 aromatic heterocycles. The van der Waals surface area contributed by atoms with Crippen molar-refractivity contribution < 1.29 is 4.79 Å². The van der Waals surface area contributed by atoms with Gasteiger partial charge in [-0.05, 0) is 12.5 Å². The van der Waals surface area contributed by atoms with Gasteiger partial charge in [0.15, 0.2) is 0 Å². The highest BCUT2D eigenvalue weighted by Crippen LogP contribution is 2.11. The lowest BCUT2D eigenvalue weighted by atomic mass is 10.1. The number of amides is 1. The summed E-state index contributed by atoms with van der Waals surface area (Å²) in [5.74, 6) is -0.120. The Morgan fingerprint density at radius 2 is 1.93 bits per heavy atom. The first kappa shape index (κ1) is 11.7. The second-order valence-electron chi connectivity index (χ2n) is 3.78. The first-order valence-electron chi connectivity index (χ1n) is 5.20. The molecule has 1 aromatic carbocycles. The molecular formula is C12H18N2O. The summed E-state index contributed by atoms with van der Waals surface area (Å²) in [7, 11) is 0. The molecule has 15 heavy (non-hydrogen) atoms. The van der Waals surface area contributed by atoms with Crippen LogP contribution in [0.25, 0.3) is 0 Å². The summed E-state index contributed by atoms with van der Waals surface area (Å²) in [5, 5.41) is 2.93. The summed E-state index contributed by atoms with van der Waals surface area (Å²) in [6.07, 6.45) is 0. The molecule has 0 bridgehead atoms. The zero-order valence-electron chi connectivity index (χ0n) is 9.23. The van der Waals surface area contributed by atoms with Gasteiger partial charge < -0.3 is 11.1 Å². The van der Waals surface area contributed by atoms with Crippen molar-refractivity contribution in [2.75, 3.05) is 6.54 Å². The Morgan fingerprint density at radius 3 is 2.47 bits per heavy atom. The van der Waals surface area contributed by atoms with Gasteiger partial charge in [-0.15, -0.1) is 0 Å². The van der Waals surface area contributed by atoms with Crippen LogP contribution < -0.4 is 11.1 Å². The van der Waals surface area contributed by atoms with Gasteiger partial charge in [0.2, 0.25) is 5.91 Å². The van der Waals surface area contributed by atoms with E-state index in [1.807, 2.05) is 44.2 Å². The van der Waals surface area contributed by atoms with Crippen LogP contribution in [-0.4, -0.2) is 12.5 Å². The minimum absolute atomic E-state index is 0.00820. The number of hydrogen-bond acceptors (Lipinski definition) is 2. The Kier molecular flexibility index (Phi) is 4.31. The largest absolute Gasteiger partial charge is 0.349 e.